The van der Waals surface area contributed by atoms with Gasteiger partial charge in [0, 0.05) is 11.2 Å². The molecule has 0 aromatic heterocycles. The van der Waals surface area contributed by atoms with Crippen LogP contribution in [0.3, 0.4) is 0 Å². The highest BCUT2D eigenvalue weighted by Crippen LogP contribution is 2.31. The van der Waals surface area contributed by atoms with Gasteiger partial charge in [-0.25, -0.2) is 0 Å². The molecule has 4 nitrogen and oxygen atoms in total. The fraction of sp³-hybridized carbons (Fsp3) is 0.538. The molecule has 0 aliphatic heterocycles. The largest absolute Gasteiger partial charge is 0.508 e. The van der Waals surface area contributed by atoms with Gasteiger partial charge in [-0.1, -0.05) is 32.9 Å². The third-order valence-electron chi connectivity index (χ3n) is 2.71. The fourth-order valence-corrected chi connectivity index (χ4v) is 2.31. The molecule has 0 bridgehead atoms. The van der Waals surface area contributed by atoms with Gasteiger partial charge in [-0.2, -0.15) is 4.21 Å². The number of benzene rings is 1. The molecule has 0 radical (unpaired) electrons. The molecule has 1 unspecified atom stereocenters. The van der Waals surface area contributed by atoms with Crippen molar-refractivity contribution in [2.45, 2.75) is 39.0 Å². The summed E-state index contributed by atoms with van der Waals surface area (Å²) in [5, 5.41) is 9.84. The van der Waals surface area contributed by atoms with Crippen LogP contribution in [0.25, 0.3) is 0 Å². The number of rotatable bonds is 5. The summed E-state index contributed by atoms with van der Waals surface area (Å²) in [4.78, 5) is 0. The van der Waals surface area contributed by atoms with Gasteiger partial charge in [-0.05, 0) is 35.4 Å². The lowest BCUT2D eigenvalue weighted by Crippen LogP contribution is -2.12. The van der Waals surface area contributed by atoms with Gasteiger partial charge in [0.15, 0.2) is 0 Å². The Morgan fingerprint density at radius 1 is 1.37 bits per heavy atom. The number of phenols is 1. The van der Waals surface area contributed by atoms with Crippen LogP contribution >= 0.6 is 0 Å². The Morgan fingerprint density at radius 2 is 2.00 bits per heavy atom. The topological polar surface area (TPSA) is 66.8 Å². The van der Waals surface area contributed by atoms with Crippen LogP contribution in [-0.4, -0.2) is 20.5 Å². The SMILES string of the molecule is CC(C)(C)c1cc(CCCOS(=O)(O)=S)ccc1O. The van der Waals surface area contributed by atoms with Crippen molar-refractivity contribution >= 4 is 20.2 Å². The minimum Gasteiger partial charge on any atom is -0.508 e. The van der Waals surface area contributed by atoms with Crippen LogP contribution in [0.1, 0.15) is 38.3 Å². The van der Waals surface area contributed by atoms with Gasteiger partial charge in [0.1, 0.15) is 5.75 Å². The molecule has 2 N–H and O–H groups in total. The van der Waals surface area contributed by atoms with E-state index < -0.39 is 9.05 Å². The molecule has 0 saturated heterocycles. The zero-order valence-electron chi connectivity index (χ0n) is 11.4. The lowest BCUT2D eigenvalue weighted by Gasteiger charge is -2.21. The maximum absolute atomic E-state index is 10.7. The average molecular weight is 304 g/mol. The first-order valence-electron chi connectivity index (χ1n) is 6.04. The maximum Gasteiger partial charge on any atom is 0.266 e. The summed E-state index contributed by atoms with van der Waals surface area (Å²) in [7, 11) is -3.52. The summed E-state index contributed by atoms with van der Waals surface area (Å²) in [6, 6.07) is 5.48. The molecule has 0 aliphatic rings. The minimum atomic E-state index is -3.52. The summed E-state index contributed by atoms with van der Waals surface area (Å²) >= 11 is 4.23. The second-order valence-electron chi connectivity index (χ2n) is 5.45. The number of aromatic hydroxyl groups is 1. The second kappa shape index (κ2) is 6.17. The molecule has 0 heterocycles. The molecule has 0 aliphatic carbocycles. The Bertz CT molecular complexity index is 530. The van der Waals surface area contributed by atoms with Crippen molar-refractivity contribution in [3.8, 4) is 5.75 Å². The Morgan fingerprint density at radius 3 is 2.53 bits per heavy atom. The van der Waals surface area contributed by atoms with Gasteiger partial charge in [0.2, 0.25) is 0 Å². The van der Waals surface area contributed by atoms with E-state index in [1.807, 2.05) is 32.9 Å². The van der Waals surface area contributed by atoms with E-state index in [2.05, 4.69) is 15.4 Å². The molecule has 0 fully saturated rings. The zero-order valence-corrected chi connectivity index (χ0v) is 13.0. The van der Waals surface area contributed by atoms with Gasteiger partial charge >= 0.3 is 0 Å². The van der Waals surface area contributed by atoms with E-state index in [0.717, 1.165) is 11.1 Å². The first-order chi connectivity index (χ1) is 8.59. The fourth-order valence-electron chi connectivity index (χ4n) is 1.78. The molecule has 19 heavy (non-hydrogen) atoms. The summed E-state index contributed by atoms with van der Waals surface area (Å²) in [6.07, 6.45) is 1.30. The molecule has 0 spiro atoms. The van der Waals surface area contributed by atoms with Gasteiger partial charge in [0.25, 0.3) is 9.05 Å². The molecule has 1 aromatic rings. The van der Waals surface area contributed by atoms with Gasteiger partial charge < -0.3 is 5.11 Å². The van der Waals surface area contributed by atoms with Crippen LogP contribution in [0.5, 0.6) is 5.75 Å². The van der Waals surface area contributed by atoms with E-state index in [4.69, 9.17) is 4.55 Å². The monoisotopic (exact) mass is 304 g/mol. The number of hydrogen-bond acceptors (Lipinski definition) is 4. The van der Waals surface area contributed by atoms with Crippen molar-refractivity contribution in [2.24, 2.45) is 0 Å². The molecule has 0 saturated carbocycles. The van der Waals surface area contributed by atoms with Crippen LogP contribution in [0.2, 0.25) is 0 Å². The maximum atomic E-state index is 10.7. The summed E-state index contributed by atoms with van der Waals surface area (Å²) in [5.41, 5.74) is 1.82. The van der Waals surface area contributed by atoms with Crippen molar-refractivity contribution in [1.82, 2.24) is 0 Å². The number of aryl methyl sites for hydroxylation is 1. The average Bonchev–Trinajstić information content (AvgIpc) is 2.23. The standard InChI is InChI=1S/C13H20O4S2/c1-13(2,3)11-9-10(6-7-12(11)14)5-4-8-17-19(15,16)18/h6-7,9,14H,4-5,8H2,1-3H3,(H,15,16,18). The molecule has 0 amide bonds. The van der Waals surface area contributed by atoms with Crippen molar-refractivity contribution in [1.29, 1.82) is 0 Å². The van der Waals surface area contributed by atoms with Gasteiger partial charge in [0.05, 0.1) is 6.61 Å². The lowest BCUT2D eigenvalue weighted by atomic mass is 9.85. The highest BCUT2D eigenvalue weighted by atomic mass is 32.9. The normalized spacial score (nSPS) is 15.2. The predicted octanol–water partition coefficient (Wildman–Crippen LogP) is 2.77. The second-order valence-corrected chi connectivity index (χ2v) is 7.81. The molecular weight excluding hydrogens is 284 g/mol. The highest BCUT2D eigenvalue weighted by Gasteiger charge is 2.18. The molecule has 108 valence electrons. The van der Waals surface area contributed by atoms with Crippen LogP contribution < -0.4 is 0 Å². The molecule has 1 rings (SSSR count). The molecule has 6 heteroatoms. The third-order valence-corrected chi connectivity index (χ3v) is 3.46. The van der Waals surface area contributed by atoms with Crippen LogP contribution in [0, 0.1) is 0 Å². The highest BCUT2D eigenvalue weighted by molar-refractivity contribution is 8.27. The quantitative estimate of drug-likeness (QED) is 0.819. The summed E-state index contributed by atoms with van der Waals surface area (Å²) < 4.78 is 24.2. The van der Waals surface area contributed by atoms with E-state index in [9.17, 15) is 9.32 Å². The van der Waals surface area contributed by atoms with Crippen molar-refractivity contribution in [3.63, 3.8) is 0 Å². The van der Waals surface area contributed by atoms with Gasteiger partial charge in [-0.15, -0.1) is 0 Å². The first kappa shape index (κ1) is 16.4. The van der Waals surface area contributed by atoms with Crippen LogP contribution in [-0.2, 0) is 36.3 Å². The Balaban J connectivity index is 2.66. The van der Waals surface area contributed by atoms with E-state index >= 15 is 0 Å². The van der Waals surface area contributed by atoms with E-state index in [-0.39, 0.29) is 17.8 Å². The van der Waals surface area contributed by atoms with Gasteiger partial charge in [-0.3, -0.25) is 8.74 Å². The smallest absolute Gasteiger partial charge is 0.266 e. The Labute approximate surface area is 119 Å². The summed E-state index contributed by atoms with van der Waals surface area (Å²) in [6.45, 7) is 6.25. The third kappa shape index (κ3) is 5.86. The zero-order chi connectivity index (χ0) is 14.7. The summed E-state index contributed by atoms with van der Waals surface area (Å²) in [5.74, 6) is 0.288. The van der Waals surface area contributed by atoms with Crippen molar-refractivity contribution in [3.05, 3.63) is 29.3 Å². The van der Waals surface area contributed by atoms with E-state index in [0.29, 0.717) is 12.8 Å². The Kier molecular flexibility index (Phi) is 5.32. The first-order valence-corrected chi connectivity index (χ1v) is 8.40. The lowest BCUT2D eigenvalue weighted by molar-refractivity contribution is 0.299. The molecule has 1 atom stereocenters. The Hall–Kier alpha value is -0.690. The van der Waals surface area contributed by atoms with Crippen molar-refractivity contribution in [2.75, 3.05) is 6.61 Å². The van der Waals surface area contributed by atoms with Crippen molar-refractivity contribution < 1.29 is 18.1 Å². The number of hydrogen-bond donors (Lipinski definition) is 2. The van der Waals surface area contributed by atoms with Crippen LogP contribution in [0.4, 0.5) is 0 Å². The molecular formula is C13H20O4S2. The molecule has 1 aromatic carbocycles. The van der Waals surface area contributed by atoms with E-state index in [1.165, 1.54) is 0 Å². The number of phenolic OH excluding ortho intramolecular Hbond substituents is 1. The van der Waals surface area contributed by atoms with Crippen LogP contribution in [0.15, 0.2) is 18.2 Å². The predicted molar refractivity (Wildman–Crippen MR) is 79.2 cm³/mol. The van der Waals surface area contributed by atoms with E-state index in [1.54, 1.807) is 6.07 Å². The minimum absolute atomic E-state index is 0.128.